The second-order valence-corrected chi connectivity index (χ2v) is 7.71. The third-order valence-corrected chi connectivity index (χ3v) is 5.71. The van der Waals surface area contributed by atoms with Crippen LogP contribution in [-0.2, 0) is 6.61 Å². The van der Waals surface area contributed by atoms with Crippen LogP contribution in [0.1, 0.15) is 48.8 Å². The van der Waals surface area contributed by atoms with Crippen molar-refractivity contribution in [3.63, 3.8) is 0 Å². The Morgan fingerprint density at radius 1 is 0.962 bits per heavy atom. The van der Waals surface area contributed by atoms with Crippen LogP contribution in [0, 0.1) is 6.92 Å². The lowest BCUT2D eigenvalue weighted by molar-refractivity contribution is 0.121. The first-order chi connectivity index (χ1) is 12.8. The zero-order valence-electron chi connectivity index (χ0n) is 15.8. The highest BCUT2D eigenvalue weighted by Crippen LogP contribution is 2.32. The summed E-state index contributed by atoms with van der Waals surface area (Å²) in [4.78, 5) is 2.66. The lowest BCUT2D eigenvalue weighted by Gasteiger charge is -2.42. The Morgan fingerprint density at radius 3 is 2.42 bits per heavy atom. The van der Waals surface area contributed by atoms with E-state index in [-0.39, 0.29) is 0 Å². The normalized spacial score (nSPS) is 22.2. The molecule has 2 fully saturated rings. The zero-order valence-corrected chi connectivity index (χ0v) is 15.8. The van der Waals surface area contributed by atoms with Crippen molar-refractivity contribution in [2.75, 3.05) is 13.1 Å². The molecule has 26 heavy (non-hydrogen) atoms. The standard InChI is InChI=1S/C24H29NO/c1-19-7-9-21(10-8-19)18-26-23-13-11-20(12-14-23)17-22-5-2-3-6-24(22)25-15-4-16-25/h7-14,17,24H,2-6,15-16,18H2,1H3/b22-17-. The third-order valence-electron chi connectivity index (χ3n) is 5.71. The summed E-state index contributed by atoms with van der Waals surface area (Å²) in [6.45, 7) is 5.30. The van der Waals surface area contributed by atoms with Gasteiger partial charge in [-0.05, 0) is 69.0 Å². The maximum absolute atomic E-state index is 5.93. The van der Waals surface area contributed by atoms with E-state index in [2.05, 4.69) is 66.4 Å². The number of benzene rings is 2. The quantitative estimate of drug-likeness (QED) is 0.697. The summed E-state index contributed by atoms with van der Waals surface area (Å²) >= 11 is 0. The van der Waals surface area contributed by atoms with E-state index >= 15 is 0 Å². The van der Waals surface area contributed by atoms with Crippen molar-refractivity contribution in [3.8, 4) is 5.75 Å². The fourth-order valence-corrected chi connectivity index (χ4v) is 3.98. The van der Waals surface area contributed by atoms with E-state index < -0.39 is 0 Å². The van der Waals surface area contributed by atoms with Crippen LogP contribution < -0.4 is 4.74 Å². The van der Waals surface area contributed by atoms with Crippen LogP contribution >= 0.6 is 0 Å². The molecule has 1 aliphatic heterocycles. The fraction of sp³-hybridized carbons (Fsp3) is 0.417. The SMILES string of the molecule is Cc1ccc(COc2ccc(/C=C3/CCCCC3N3CCC3)cc2)cc1. The molecule has 1 saturated heterocycles. The molecule has 0 radical (unpaired) electrons. The largest absolute Gasteiger partial charge is 0.489 e. The van der Waals surface area contributed by atoms with Crippen LogP contribution in [0.2, 0.25) is 0 Å². The Balaban J connectivity index is 1.39. The van der Waals surface area contributed by atoms with Gasteiger partial charge in [-0.25, -0.2) is 0 Å². The fourth-order valence-electron chi connectivity index (χ4n) is 3.98. The lowest BCUT2D eigenvalue weighted by atomic mass is 9.86. The Kier molecular flexibility index (Phi) is 5.40. The molecule has 1 unspecified atom stereocenters. The van der Waals surface area contributed by atoms with Gasteiger partial charge < -0.3 is 4.74 Å². The number of rotatable bonds is 5. The summed E-state index contributed by atoms with van der Waals surface area (Å²) in [6, 6.07) is 17.8. The molecule has 4 rings (SSSR count). The molecule has 136 valence electrons. The average molecular weight is 348 g/mol. The molecule has 0 N–H and O–H groups in total. The topological polar surface area (TPSA) is 12.5 Å². The molecular formula is C24H29NO. The Hall–Kier alpha value is -2.06. The van der Waals surface area contributed by atoms with Gasteiger partial charge in [0.1, 0.15) is 12.4 Å². The van der Waals surface area contributed by atoms with E-state index in [4.69, 9.17) is 4.74 Å². The van der Waals surface area contributed by atoms with E-state index in [9.17, 15) is 0 Å². The van der Waals surface area contributed by atoms with Crippen molar-refractivity contribution in [1.29, 1.82) is 0 Å². The van der Waals surface area contributed by atoms with Crippen molar-refractivity contribution >= 4 is 6.08 Å². The summed E-state index contributed by atoms with van der Waals surface area (Å²) < 4.78 is 5.93. The van der Waals surface area contributed by atoms with Crippen LogP contribution in [0.25, 0.3) is 6.08 Å². The van der Waals surface area contributed by atoms with Crippen molar-refractivity contribution in [2.24, 2.45) is 0 Å². The van der Waals surface area contributed by atoms with Crippen LogP contribution in [-0.4, -0.2) is 24.0 Å². The van der Waals surface area contributed by atoms with Crippen molar-refractivity contribution in [1.82, 2.24) is 4.90 Å². The third kappa shape index (κ3) is 4.19. The Morgan fingerprint density at radius 2 is 1.73 bits per heavy atom. The number of hydrogen-bond donors (Lipinski definition) is 0. The van der Waals surface area contributed by atoms with Crippen LogP contribution in [0.5, 0.6) is 5.75 Å². The molecule has 0 aromatic heterocycles. The zero-order chi connectivity index (χ0) is 17.8. The highest BCUT2D eigenvalue weighted by molar-refractivity contribution is 5.55. The predicted octanol–water partition coefficient (Wildman–Crippen LogP) is 5.61. The smallest absolute Gasteiger partial charge is 0.119 e. The molecule has 1 atom stereocenters. The maximum Gasteiger partial charge on any atom is 0.119 e. The minimum Gasteiger partial charge on any atom is -0.489 e. The molecular weight excluding hydrogens is 318 g/mol. The van der Waals surface area contributed by atoms with Crippen molar-refractivity contribution in [2.45, 2.75) is 51.7 Å². The van der Waals surface area contributed by atoms with Crippen LogP contribution in [0.3, 0.4) is 0 Å². The van der Waals surface area contributed by atoms with Gasteiger partial charge in [0.15, 0.2) is 0 Å². The van der Waals surface area contributed by atoms with Gasteiger partial charge in [-0.2, -0.15) is 0 Å². The molecule has 2 aliphatic rings. The van der Waals surface area contributed by atoms with E-state index in [0.29, 0.717) is 12.6 Å². The van der Waals surface area contributed by atoms with Gasteiger partial charge >= 0.3 is 0 Å². The maximum atomic E-state index is 5.93. The van der Waals surface area contributed by atoms with Gasteiger partial charge in [-0.1, -0.05) is 60.0 Å². The lowest BCUT2D eigenvalue weighted by Crippen LogP contribution is -2.46. The summed E-state index contributed by atoms with van der Waals surface area (Å²) in [5.41, 5.74) is 5.42. The molecule has 0 bridgehead atoms. The number of likely N-dealkylation sites (tertiary alicyclic amines) is 1. The first-order valence-electron chi connectivity index (χ1n) is 10.0. The second kappa shape index (κ2) is 8.09. The molecule has 0 amide bonds. The molecule has 1 saturated carbocycles. The molecule has 2 aromatic rings. The molecule has 1 aliphatic carbocycles. The van der Waals surface area contributed by atoms with Gasteiger partial charge in [0, 0.05) is 6.04 Å². The van der Waals surface area contributed by atoms with Crippen LogP contribution in [0.15, 0.2) is 54.1 Å². The monoisotopic (exact) mass is 347 g/mol. The highest BCUT2D eigenvalue weighted by Gasteiger charge is 2.28. The molecule has 2 aromatic carbocycles. The van der Waals surface area contributed by atoms with Gasteiger partial charge in [-0.15, -0.1) is 0 Å². The minimum atomic E-state index is 0.623. The first kappa shape index (κ1) is 17.4. The highest BCUT2D eigenvalue weighted by atomic mass is 16.5. The van der Waals surface area contributed by atoms with Gasteiger partial charge in [0.2, 0.25) is 0 Å². The van der Waals surface area contributed by atoms with Gasteiger partial charge in [0.05, 0.1) is 0 Å². The summed E-state index contributed by atoms with van der Waals surface area (Å²) in [5.74, 6) is 0.940. The van der Waals surface area contributed by atoms with Crippen LogP contribution in [0.4, 0.5) is 0 Å². The number of hydrogen-bond acceptors (Lipinski definition) is 2. The second-order valence-electron chi connectivity index (χ2n) is 7.71. The number of ether oxygens (including phenoxy) is 1. The van der Waals surface area contributed by atoms with E-state index in [0.717, 1.165) is 5.75 Å². The molecule has 1 heterocycles. The molecule has 2 heteroatoms. The van der Waals surface area contributed by atoms with E-state index in [1.165, 1.54) is 61.9 Å². The summed E-state index contributed by atoms with van der Waals surface area (Å²) in [7, 11) is 0. The first-order valence-corrected chi connectivity index (χ1v) is 10.0. The molecule has 2 nitrogen and oxygen atoms in total. The van der Waals surface area contributed by atoms with E-state index in [1.54, 1.807) is 5.57 Å². The Bertz CT molecular complexity index is 741. The summed E-state index contributed by atoms with van der Waals surface area (Å²) in [6.07, 6.45) is 9.11. The minimum absolute atomic E-state index is 0.623. The number of aryl methyl sites for hydroxylation is 1. The van der Waals surface area contributed by atoms with E-state index in [1.807, 2.05) is 0 Å². The Labute approximate surface area is 157 Å². The van der Waals surface area contributed by atoms with Crippen molar-refractivity contribution in [3.05, 3.63) is 70.8 Å². The number of nitrogens with zero attached hydrogens (tertiary/aromatic N) is 1. The average Bonchev–Trinajstić information content (AvgIpc) is 2.63. The van der Waals surface area contributed by atoms with Crippen molar-refractivity contribution < 1.29 is 4.74 Å². The molecule has 0 spiro atoms. The predicted molar refractivity (Wildman–Crippen MR) is 108 cm³/mol. The van der Waals surface area contributed by atoms with Gasteiger partial charge in [-0.3, -0.25) is 4.90 Å². The van der Waals surface area contributed by atoms with Gasteiger partial charge in [0.25, 0.3) is 0 Å². The summed E-state index contributed by atoms with van der Waals surface area (Å²) in [5, 5.41) is 0.